The van der Waals surface area contributed by atoms with Gasteiger partial charge in [-0.15, -0.1) is 0 Å². The van der Waals surface area contributed by atoms with Crippen LogP contribution in [0.15, 0.2) is 30.3 Å². The van der Waals surface area contributed by atoms with Crippen molar-refractivity contribution in [3.8, 4) is 0 Å². The van der Waals surface area contributed by atoms with Gasteiger partial charge in [0.25, 0.3) is 0 Å². The Morgan fingerprint density at radius 3 is 2.48 bits per heavy atom. The Morgan fingerprint density at radius 2 is 1.81 bits per heavy atom. The lowest BCUT2D eigenvalue weighted by Gasteiger charge is -2.35. The smallest absolute Gasteiger partial charge is 0.408 e. The minimum absolute atomic E-state index is 0.0124. The number of carbonyl (C=O) groups is 3. The first-order chi connectivity index (χ1) is 14.7. The van der Waals surface area contributed by atoms with Crippen molar-refractivity contribution in [2.75, 3.05) is 0 Å². The molecular formula is C24H34N2O5. The van der Waals surface area contributed by atoms with Gasteiger partial charge in [-0.2, -0.15) is 0 Å². The van der Waals surface area contributed by atoms with E-state index in [9.17, 15) is 14.4 Å². The number of nitrogens with zero attached hydrogens (tertiary/aromatic N) is 1. The average molecular weight is 431 g/mol. The molecule has 1 aliphatic carbocycles. The minimum Gasteiger partial charge on any atom is -0.459 e. The highest BCUT2D eigenvalue weighted by Gasteiger charge is 2.49. The van der Waals surface area contributed by atoms with Gasteiger partial charge in [0.1, 0.15) is 24.3 Å². The molecule has 2 aliphatic rings. The Hall–Kier alpha value is -2.57. The van der Waals surface area contributed by atoms with Crippen LogP contribution >= 0.6 is 0 Å². The number of ether oxygens (including phenoxy) is 2. The summed E-state index contributed by atoms with van der Waals surface area (Å²) in [6.45, 7) is 7.12. The lowest BCUT2D eigenvalue weighted by atomic mass is 9.84. The Morgan fingerprint density at radius 1 is 1.13 bits per heavy atom. The lowest BCUT2D eigenvalue weighted by molar-refractivity contribution is -0.156. The van der Waals surface area contributed by atoms with Crippen molar-refractivity contribution in [2.45, 2.75) is 90.1 Å². The molecule has 1 saturated heterocycles. The first kappa shape index (κ1) is 23.1. The van der Waals surface area contributed by atoms with Crippen LogP contribution < -0.4 is 5.32 Å². The number of nitrogens with one attached hydrogen (secondary N) is 1. The summed E-state index contributed by atoms with van der Waals surface area (Å²) in [7, 11) is 0. The maximum Gasteiger partial charge on any atom is 0.408 e. The highest BCUT2D eigenvalue weighted by molar-refractivity contribution is 5.90. The standard InChI is InChI=1S/C24H34N2O5/c1-16(25-23(29)31-24(2,3)4)21(27)26-19-13-9-8-12-18(19)14-20(26)22(28)30-15-17-10-6-5-7-11-17/h5-7,10-11,16,18-20H,8-9,12-15H2,1-4H3,(H,25,29)/t16-,18?,19?,20?/m0/s1. The molecule has 3 rings (SSSR count). The summed E-state index contributed by atoms with van der Waals surface area (Å²) in [5, 5.41) is 2.62. The zero-order chi connectivity index (χ0) is 22.6. The van der Waals surface area contributed by atoms with Crippen molar-refractivity contribution >= 4 is 18.0 Å². The third-order valence-corrected chi connectivity index (χ3v) is 5.94. The Balaban J connectivity index is 1.69. The first-order valence-corrected chi connectivity index (χ1v) is 11.2. The van der Waals surface area contributed by atoms with Gasteiger partial charge < -0.3 is 19.7 Å². The van der Waals surface area contributed by atoms with E-state index in [2.05, 4.69) is 5.32 Å². The summed E-state index contributed by atoms with van der Waals surface area (Å²) in [6.07, 6.45) is 3.99. The van der Waals surface area contributed by atoms with Crippen LogP contribution in [0.1, 0.15) is 65.4 Å². The molecule has 1 aliphatic heterocycles. The van der Waals surface area contributed by atoms with Crippen molar-refractivity contribution in [3.63, 3.8) is 0 Å². The van der Waals surface area contributed by atoms with E-state index in [0.717, 1.165) is 31.2 Å². The topological polar surface area (TPSA) is 84.9 Å². The molecule has 7 nitrogen and oxygen atoms in total. The summed E-state index contributed by atoms with van der Waals surface area (Å²) in [5.41, 5.74) is 0.253. The van der Waals surface area contributed by atoms with Gasteiger partial charge >= 0.3 is 12.1 Å². The van der Waals surface area contributed by atoms with Crippen LogP contribution in [0.4, 0.5) is 4.79 Å². The SMILES string of the molecule is C[C@H](NC(=O)OC(C)(C)C)C(=O)N1C(C(=O)OCc2ccccc2)CC2CCCCC21. The molecule has 2 fully saturated rings. The normalized spacial score (nSPS) is 24.1. The van der Waals surface area contributed by atoms with E-state index in [1.54, 1.807) is 32.6 Å². The number of hydrogen-bond acceptors (Lipinski definition) is 5. The van der Waals surface area contributed by atoms with Crippen LogP contribution in [0.3, 0.4) is 0 Å². The summed E-state index contributed by atoms with van der Waals surface area (Å²) < 4.78 is 10.9. The highest BCUT2D eigenvalue weighted by Crippen LogP contribution is 2.40. The summed E-state index contributed by atoms with van der Waals surface area (Å²) in [4.78, 5) is 40.1. The van der Waals surface area contributed by atoms with E-state index >= 15 is 0 Å². The van der Waals surface area contributed by atoms with E-state index < -0.39 is 23.8 Å². The number of benzene rings is 1. The van der Waals surface area contributed by atoms with Crippen LogP contribution in [0, 0.1) is 5.92 Å². The van der Waals surface area contributed by atoms with Crippen molar-refractivity contribution in [1.29, 1.82) is 0 Å². The predicted octanol–water partition coefficient (Wildman–Crippen LogP) is 3.80. The predicted molar refractivity (Wildman–Crippen MR) is 116 cm³/mol. The third-order valence-electron chi connectivity index (χ3n) is 5.94. The second-order valence-electron chi connectivity index (χ2n) is 9.57. The highest BCUT2D eigenvalue weighted by atomic mass is 16.6. The van der Waals surface area contributed by atoms with E-state index in [-0.39, 0.29) is 24.5 Å². The number of alkyl carbamates (subject to hydrolysis) is 1. The molecule has 1 aromatic carbocycles. The molecule has 0 radical (unpaired) electrons. The lowest BCUT2D eigenvalue weighted by Crippen LogP contribution is -2.54. The monoisotopic (exact) mass is 430 g/mol. The number of likely N-dealkylation sites (tertiary alicyclic amines) is 1. The van der Waals surface area contributed by atoms with Crippen molar-refractivity contribution in [1.82, 2.24) is 10.2 Å². The zero-order valence-electron chi connectivity index (χ0n) is 18.9. The van der Waals surface area contributed by atoms with E-state index in [1.165, 1.54) is 0 Å². The fraction of sp³-hybridized carbons (Fsp3) is 0.625. The molecule has 0 spiro atoms. The Labute approximate surface area is 184 Å². The van der Waals surface area contributed by atoms with Gasteiger partial charge in [0.2, 0.25) is 5.91 Å². The van der Waals surface area contributed by atoms with E-state index in [0.29, 0.717) is 12.3 Å². The van der Waals surface area contributed by atoms with Crippen LogP contribution in [0.2, 0.25) is 0 Å². The Kier molecular flexibility index (Phi) is 7.23. The van der Waals surface area contributed by atoms with Gasteiger partial charge in [-0.05, 0) is 58.4 Å². The second kappa shape index (κ2) is 9.71. The summed E-state index contributed by atoms with van der Waals surface area (Å²) >= 11 is 0. The van der Waals surface area contributed by atoms with E-state index in [1.807, 2.05) is 30.3 Å². The van der Waals surface area contributed by atoms with Gasteiger partial charge in [-0.3, -0.25) is 4.79 Å². The molecule has 7 heteroatoms. The minimum atomic E-state index is -0.792. The maximum atomic E-state index is 13.3. The molecule has 170 valence electrons. The van der Waals surface area contributed by atoms with Gasteiger partial charge in [-0.1, -0.05) is 43.2 Å². The molecule has 4 atom stereocenters. The fourth-order valence-corrected chi connectivity index (χ4v) is 4.58. The first-order valence-electron chi connectivity index (χ1n) is 11.2. The van der Waals surface area contributed by atoms with Gasteiger partial charge in [0.05, 0.1) is 0 Å². The molecule has 2 amide bonds. The molecule has 0 aromatic heterocycles. The number of rotatable bonds is 5. The van der Waals surface area contributed by atoms with Crippen molar-refractivity contribution in [2.24, 2.45) is 5.92 Å². The Bertz CT molecular complexity index is 789. The molecule has 1 aromatic rings. The van der Waals surface area contributed by atoms with Crippen molar-refractivity contribution in [3.05, 3.63) is 35.9 Å². The fourth-order valence-electron chi connectivity index (χ4n) is 4.58. The van der Waals surface area contributed by atoms with E-state index in [4.69, 9.17) is 9.47 Å². The molecule has 0 bridgehead atoms. The van der Waals surface area contributed by atoms with Crippen LogP contribution in [-0.4, -0.2) is 46.6 Å². The zero-order valence-corrected chi connectivity index (χ0v) is 18.9. The number of esters is 1. The molecule has 31 heavy (non-hydrogen) atoms. The number of amides is 2. The molecule has 3 unspecified atom stereocenters. The molecule has 1 saturated carbocycles. The quantitative estimate of drug-likeness (QED) is 0.718. The van der Waals surface area contributed by atoms with Gasteiger partial charge in [-0.25, -0.2) is 9.59 Å². The molecule has 1 N–H and O–H groups in total. The van der Waals surface area contributed by atoms with Crippen LogP contribution in [-0.2, 0) is 25.7 Å². The average Bonchev–Trinajstić information content (AvgIpc) is 3.10. The third kappa shape index (κ3) is 5.99. The summed E-state index contributed by atoms with van der Waals surface area (Å²) in [5.74, 6) is -0.348. The van der Waals surface area contributed by atoms with Crippen LogP contribution in [0.25, 0.3) is 0 Å². The second-order valence-corrected chi connectivity index (χ2v) is 9.57. The molecular weight excluding hydrogens is 396 g/mol. The maximum absolute atomic E-state index is 13.3. The molecule has 1 heterocycles. The largest absolute Gasteiger partial charge is 0.459 e. The number of hydrogen-bond donors (Lipinski definition) is 1. The van der Waals surface area contributed by atoms with Gasteiger partial charge in [0.15, 0.2) is 0 Å². The number of fused-ring (bicyclic) bond motifs is 1. The van der Waals surface area contributed by atoms with Gasteiger partial charge in [0, 0.05) is 6.04 Å². The summed E-state index contributed by atoms with van der Waals surface area (Å²) in [6, 6.07) is 8.10. The van der Waals surface area contributed by atoms with Crippen LogP contribution in [0.5, 0.6) is 0 Å². The number of carbonyl (C=O) groups excluding carboxylic acids is 3. The van der Waals surface area contributed by atoms with Crippen molar-refractivity contribution < 1.29 is 23.9 Å².